The van der Waals surface area contributed by atoms with Crippen molar-refractivity contribution in [2.45, 2.75) is 6.18 Å². The van der Waals surface area contributed by atoms with Crippen LogP contribution in [-0.2, 0) is 6.18 Å². The molecule has 0 unspecified atom stereocenters. The molecule has 0 aliphatic heterocycles. The molecule has 0 radical (unpaired) electrons. The van der Waals surface area contributed by atoms with Crippen LogP contribution in [0, 0.1) is 11.3 Å². The second-order valence-electron chi connectivity index (χ2n) is 4.28. The Balaban J connectivity index is 2.05. The van der Waals surface area contributed by atoms with E-state index >= 15 is 0 Å². The summed E-state index contributed by atoms with van der Waals surface area (Å²) < 4.78 is 42.0. The smallest absolute Gasteiger partial charge is 0.196 e. The number of nitrogens with one attached hydrogen (secondary N) is 1. The van der Waals surface area contributed by atoms with E-state index < -0.39 is 11.7 Å². The number of alkyl halides is 3. The number of hydrogen-bond acceptors (Lipinski definition) is 5. The molecular formula is C13H6F3N5S. The molecule has 0 amide bonds. The first kappa shape index (κ1) is 14.2. The van der Waals surface area contributed by atoms with E-state index in [0.717, 1.165) is 23.7 Å². The maximum absolute atomic E-state index is 12.6. The van der Waals surface area contributed by atoms with Crippen LogP contribution in [0.2, 0.25) is 0 Å². The van der Waals surface area contributed by atoms with E-state index in [1.165, 1.54) is 12.1 Å². The number of hydrogen-bond donors (Lipinski definition) is 1. The van der Waals surface area contributed by atoms with Gasteiger partial charge in [0.25, 0.3) is 0 Å². The lowest BCUT2D eigenvalue weighted by Crippen LogP contribution is -2.04. The van der Waals surface area contributed by atoms with Crippen LogP contribution >= 0.6 is 11.5 Å². The molecule has 0 aliphatic carbocycles. The lowest BCUT2D eigenvalue weighted by Gasteiger charge is -2.07. The molecule has 0 spiro atoms. The van der Waals surface area contributed by atoms with E-state index in [9.17, 15) is 13.2 Å². The molecule has 0 saturated heterocycles. The zero-order valence-corrected chi connectivity index (χ0v) is 11.5. The highest BCUT2D eigenvalue weighted by Gasteiger charge is 2.30. The summed E-state index contributed by atoms with van der Waals surface area (Å²) in [5.41, 5.74) is 1.22. The number of H-pyrrole nitrogens is 1. The molecule has 2 heterocycles. The minimum absolute atomic E-state index is 0.105. The van der Waals surface area contributed by atoms with E-state index in [-0.39, 0.29) is 5.69 Å². The molecule has 110 valence electrons. The molecule has 1 N–H and O–H groups in total. The van der Waals surface area contributed by atoms with Crippen molar-refractivity contribution in [2.75, 3.05) is 0 Å². The van der Waals surface area contributed by atoms with Gasteiger partial charge in [0, 0.05) is 16.5 Å². The quantitative estimate of drug-likeness (QED) is 0.783. The molecule has 9 heteroatoms. The molecular weight excluding hydrogens is 315 g/mol. The maximum atomic E-state index is 12.6. The van der Waals surface area contributed by atoms with Gasteiger partial charge in [0.15, 0.2) is 5.69 Å². The second kappa shape index (κ2) is 5.23. The van der Waals surface area contributed by atoms with Gasteiger partial charge in [-0.25, -0.2) is 0 Å². The minimum Gasteiger partial charge on any atom is -0.196 e. The molecule has 1 aromatic carbocycles. The Bertz CT molecular complexity index is 842. The molecule has 22 heavy (non-hydrogen) atoms. The molecule has 0 aliphatic rings. The van der Waals surface area contributed by atoms with Crippen molar-refractivity contribution in [3.05, 3.63) is 40.9 Å². The van der Waals surface area contributed by atoms with E-state index in [0.29, 0.717) is 22.5 Å². The summed E-state index contributed by atoms with van der Waals surface area (Å²) in [6, 6.07) is 6.56. The summed E-state index contributed by atoms with van der Waals surface area (Å²) in [6.07, 6.45) is -4.39. The van der Waals surface area contributed by atoms with Crippen molar-refractivity contribution in [1.82, 2.24) is 19.8 Å². The van der Waals surface area contributed by atoms with Crippen molar-refractivity contribution >= 4 is 11.5 Å². The number of rotatable bonds is 2. The summed E-state index contributed by atoms with van der Waals surface area (Å²) in [4.78, 5) is 0. The Morgan fingerprint density at radius 3 is 2.45 bits per heavy atom. The molecule has 0 fully saturated rings. The Kier molecular flexibility index (Phi) is 3.38. The first-order valence-electron chi connectivity index (χ1n) is 5.94. The van der Waals surface area contributed by atoms with Crippen molar-refractivity contribution in [3.8, 4) is 28.6 Å². The third-order valence-corrected chi connectivity index (χ3v) is 3.59. The van der Waals surface area contributed by atoms with Gasteiger partial charge < -0.3 is 0 Å². The van der Waals surface area contributed by atoms with Gasteiger partial charge in [0.1, 0.15) is 11.8 Å². The van der Waals surface area contributed by atoms with E-state index in [2.05, 4.69) is 19.8 Å². The van der Waals surface area contributed by atoms with Gasteiger partial charge in [-0.15, -0.1) is 5.10 Å². The van der Waals surface area contributed by atoms with Gasteiger partial charge in [-0.1, -0.05) is 12.1 Å². The summed E-state index contributed by atoms with van der Waals surface area (Å²) >= 11 is 1.12. The van der Waals surface area contributed by atoms with Crippen LogP contribution in [0.3, 0.4) is 0 Å². The molecule has 0 bridgehead atoms. The fourth-order valence-corrected chi connectivity index (χ4v) is 2.62. The van der Waals surface area contributed by atoms with Crippen LogP contribution in [0.4, 0.5) is 13.2 Å². The van der Waals surface area contributed by atoms with Gasteiger partial charge in [-0.2, -0.15) is 33.1 Å². The average Bonchev–Trinajstić information content (AvgIpc) is 3.14. The molecule has 0 atom stereocenters. The number of benzene rings is 1. The number of nitrogens with zero attached hydrogens (tertiary/aromatic N) is 4. The summed E-state index contributed by atoms with van der Waals surface area (Å²) in [7, 11) is 0. The fraction of sp³-hybridized carbons (Fsp3) is 0.0769. The van der Waals surface area contributed by atoms with Crippen molar-refractivity contribution in [3.63, 3.8) is 0 Å². The fourth-order valence-electron chi connectivity index (χ4n) is 1.93. The first-order chi connectivity index (χ1) is 10.5. The highest BCUT2D eigenvalue weighted by atomic mass is 32.1. The number of aromatic amines is 1. The molecule has 5 nitrogen and oxygen atoms in total. The summed E-state index contributed by atoms with van der Waals surface area (Å²) in [5, 5.41) is 20.6. The molecule has 2 aromatic heterocycles. The van der Waals surface area contributed by atoms with Crippen molar-refractivity contribution in [2.24, 2.45) is 0 Å². The van der Waals surface area contributed by atoms with Crippen LogP contribution in [-0.4, -0.2) is 19.8 Å². The van der Waals surface area contributed by atoms with Crippen LogP contribution in [0.15, 0.2) is 29.6 Å². The normalized spacial score (nSPS) is 11.4. The number of aromatic nitrogens is 4. The van der Waals surface area contributed by atoms with E-state index in [1.54, 1.807) is 5.38 Å². The monoisotopic (exact) mass is 321 g/mol. The third kappa shape index (κ3) is 2.44. The lowest BCUT2D eigenvalue weighted by molar-refractivity contribution is -0.137. The number of nitriles is 1. The Hall–Kier alpha value is -2.73. The van der Waals surface area contributed by atoms with Crippen LogP contribution in [0.25, 0.3) is 22.5 Å². The minimum atomic E-state index is -4.39. The zero-order valence-electron chi connectivity index (χ0n) is 10.7. The Labute approximate surface area is 126 Å². The van der Waals surface area contributed by atoms with Crippen LogP contribution in [0.1, 0.15) is 11.3 Å². The predicted molar refractivity (Wildman–Crippen MR) is 72.6 cm³/mol. The van der Waals surface area contributed by atoms with Gasteiger partial charge in [0.2, 0.25) is 0 Å². The topological polar surface area (TPSA) is 78.2 Å². The van der Waals surface area contributed by atoms with Gasteiger partial charge in [-0.3, -0.25) is 0 Å². The Morgan fingerprint density at radius 2 is 1.82 bits per heavy atom. The van der Waals surface area contributed by atoms with E-state index in [4.69, 9.17) is 5.26 Å². The van der Waals surface area contributed by atoms with Gasteiger partial charge >= 0.3 is 6.18 Å². The summed E-state index contributed by atoms with van der Waals surface area (Å²) in [6.45, 7) is 0. The average molecular weight is 321 g/mol. The standard InChI is InChI=1S/C13H6F3N5S/c14-13(15,16)8-3-1-7(2-4-8)11-9(6-22-20-11)12-10(5-17)18-21-19-12/h1-4,6H,(H,18,19,21). The largest absolute Gasteiger partial charge is 0.416 e. The van der Waals surface area contributed by atoms with E-state index in [1.807, 2.05) is 6.07 Å². The van der Waals surface area contributed by atoms with Gasteiger partial charge in [-0.05, 0) is 23.7 Å². The SMILES string of the molecule is N#Cc1n[nH]nc1-c1csnc1-c1ccc(C(F)(F)F)cc1. The third-order valence-electron chi connectivity index (χ3n) is 2.96. The highest BCUT2D eigenvalue weighted by molar-refractivity contribution is 7.04. The first-order valence-corrected chi connectivity index (χ1v) is 6.77. The summed E-state index contributed by atoms with van der Waals surface area (Å²) in [5.74, 6) is 0. The lowest BCUT2D eigenvalue weighted by atomic mass is 10.0. The molecule has 3 rings (SSSR count). The van der Waals surface area contributed by atoms with Crippen LogP contribution < -0.4 is 0 Å². The highest BCUT2D eigenvalue weighted by Crippen LogP contribution is 2.35. The zero-order chi connectivity index (χ0) is 15.7. The number of halogens is 3. The molecule has 3 aromatic rings. The predicted octanol–water partition coefficient (Wildman–Crippen LogP) is 3.49. The maximum Gasteiger partial charge on any atom is 0.416 e. The molecule has 0 saturated carbocycles. The van der Waals surface area contributed by atoms with Gasteiger partial charge in [0.05, 0.1) is 11.3 Å². The van der Waals surface area contributed by atoms with Crippen molar-refractivity contribution in [1.29, 1.82) is 5.26 Å². The Morgan fingerprint density at radius 1 is 1.09 bits per heavy atom. The van der Waals surface area contributed by atoms with Crippen LogP contribution in [0.5, 0.6) is 0 Å². The van der Waals surface area contributed by atoms with Crippen molar-refractivity contribution < 1.29 is 13.2 Å². The second-order valence-corrected chi connectivity index (χ2v) is 4.91.